The number of urea groups is 1. The van der Waals surface area contributed by atoms with Crippen LogP contribution in [0.3, 0.4) is 0 Å². The molecule has 0 radical (unpaired) electrons. The number of nitrogens with one attached hydrogen (secondary N) is 2. The van der Waals surface area contributed by atoms with Crippen molar-refractivity contribution in [3.63, 3.8) is 0 Å². The highest BCUT2D eigenvalue weighted by atomic mass is 19.4. The van der Waals surface area contributed by atoms with Crippen molar-refractivity contribution < 1.29 is 22.8 Å². The van der Waals surface area contributed by atoms with Crippen molar-refractivity contribution in [1.82, 2.24) is 25.3 Å². The Labute approximate surface area is 172 Å². The predicted molar refractivity (Wildman–Crippen MR) is 105 cm³/mol. The average Bonchev–Trinajstić information content (AvgIpc) is 3.04. The molecule has 8 nitrogen and oxygen atoms in total. The number of rotatable bonds is 5. The number of benzene rings is 1. The van der Waals surface area contributed by atoms with Crippen molar-refractivity contribution in [1.29, 1.82) is 0 Å². The first-order chi connectivity index (χ1) is 14.3. The molecule has 0 atom stereocenters. The van der Waals surface area contributed by atoms with E-state index in [1.165, 1.54) is 17.0 Å². The molecule has 2 heterocycles. The van der Waals surface area contributed by atoms with Gasteiger partial charge in [0, 0.05) is 52.9 Å². The summed E-state index contributed by atoms with van der Waals surface area (Å²) in [5.74, 6) is 0.449. The van der Waals surface area contributed by atoms with Crippen molar-refractivity contribution in [3.05, 3.63) is 35.4 Å². The Morgan fingerprint density at radius 3 is 2.33 bits per heavy atom. The highest BCUT2D eigenvalue weighted by Crippen LogP contribution is 2.29. The second-order valence-electron chi connectivity index (χ2n) is 7.14. The minimum absolute atomic E-state index is 0.0362. The Kier molecular flexibility index (Phi) is 6.80. The summed E-state index contributed by atoms with van der Waals surface area (Å²) < 4.78 is 38.0. The number of hydrogen-bond donors (Lipinski definition) is 2. The molecule has 0 unspecified atom stereocenters. The third-order valence-electron chi connectivity index (χ3n) is 5.13. The van der Waals surface area contributed by atoms with Gasteiger partial charge in [-0.3, -0.25) is 19.6 Å². The molecule has 0 aromatic heterocycles. The van der Waals surface area contributed by atoms with Crippen LogP contribution in [-0.4, -0.2) is 85.5 Å². The molecule has 1 aromatic carbocycles. The van der Waals surface area contributed by atoms with Gasteiger partial charge in [0.2, 0.25) is 5.91 Å². The number of piperazine rings is 1. The molecular formula is C19H25F3N6O2. The first kappa shape index (κ1) is 21.9. The van der Waals surface area contributed by atoms with Crippen LogP contribution in [0.1, 0.15) is 11.1 Å². The fourth-order valence-corrected chi connectivity index (χ4v) is 3.47. The van der Waals surface area contributed by atoms with Gasteiger partial charge in [-0.25, -0.2) is 4.79 Å². The number of alkyl halides is 3. The Morgan fingerprint density at radius 1 is 1.13 bits per heavy atom. The number of halogens is 3. The molecule has 2 aliphatic rings. The Hall–Kier alpha value is -2.82. The van der Waals surface area contributed by atoms with E-state index in [9.17, 15) is 22.8 Å². The largest absolute Gasteiger partial charge is 0.416 e. The predicted octanol–water partition coefficient (Wildman–Crippen LogP) is 0.950. The molecule has 0 saturated carbocycles. The number of nitrogens with zero attached hydrogens (tertiary/aromatic N) is 4. The average molecular weight is 426 g/mol. The number of imide groups is 1. The molecule has 2 fully saturated rings. The lowest BCUT2D eigenvalue weighted by atomic mass is 10.1. The topological polar surface area (TPSA) is 80.3 Å². The van der Waals surface area contributed by atoms with Crippen LogP contribution < -0.4 is 10.6 Å². The Balaban J connectivity index is 1.43. The standard InChI is InChI=1S/C19H25F3N6O2/c1-23-17(24-6-7-28-16(29)12-25-18(28)30)27-10-8-26(9-11-27)13-14-2-4-15(5-3-14)19(20,21)22/h2-5H,6-13H2,1H3,(H,23,24)(H,25,30). The molecule has 1 aromatic rings. The summed E-state index contributed by atoms with van der Waals surface area (Å²) in [5, 5.41) is 5.65. The summed E-state index contributed by atoms with van der Waals surface area (Å²) in [6.07, 6.45) is -4.32. The number of carbonyl (C=O) groups excluding carboxylic acids is 2. The lowest BCUT2D eigenvalue weighted by molar-refractivity contribution is -0.137. The quantitative estimate of drug-likeness (QED) is 0.416. The maximum atomic E-state index is 12.7. The zero-order valence-electron chi connectivity index (χ0n) is 16.7. The Morgan fingerprint density at radius 2 is 1.80 bits per heavy atom. The number of guanidine groups is 1. The van der Waals surface area contributed by atoms with E-state index < -0.39 is 11.7 Å². The summed E-state index contributed by atoms with van der Waals surface area (Å²) in [6, 6.07) is 4.89. The minimum Gasteiger partial charge on any atom is -0.354 e. The molecule has 2 saturated heterocycles. The van der Waals surface area contributed by atoms with Gasteiger partial charge in [0.1, 0.15) is 0 Å². The van der Waals surface area contributed by atoms with Gasteiger partial charge < -0.3 is 15.5 Å². The molecule has 164 valence electrons. The normalized spacial score (nSPS) is 18.7. The highest BCUT2D eigenvalue weighted by molar-refractivity contribution is 6.01. The van der Waals surface area contributed by atoms with Gasteiger partial charge in [-0.15, -0.1) is 0 Å². The smallest absolute Gasteiger partial charge is 0.354 e. The fraction of sp³-hybridized carbons (Fsp3) is 0.526. The second kappa shape index (κ2) is 9.33. The van der Waals surface area contributed by atoms with E-state index in [4.69, 9.17) is 0 Å². The van der Waals surface area contributed by atoms with Crippen LogP contribution >= 0.6 is 0 Å². The van der Waals surface area contributed by atoms with E-state index in [0.29, 0.717) is 32.1 Å². The van der Waals surface area contributed by atoms with Gasteiger partial charge in [0.15, 0.2) is 5.96 Å². The third kappa shape index (κ3) is 5.41. The third-order valence-corrected chi connectivity index (χ3v) is 5.13. The molecular weight excluding hydrogens is 401 g/mol. The van der Waals surface area contributed by atoms with Crippen molar-refractivity contribution in [3.8, 4) is 0 Å². The van der Waals surface area contributed by atoms with Gasteiger partial charge in [-0.1, -0.05) is 12.1 Å². The van der Waals surface area contributed by atoms with Gasteiger partial charge in [0.05, 0.1) is 12.1 Å². The number of aliphatic imine (C=N–C) groups is 1. The van der Waals surface area contributed by atoms with E-state index in [-0.39, 0.29) is 25.0 Å². The lowest BCUT2D eigenvalue weighted by Crippen LogP contribution is -2.53. The molecule has 30 heavy (non-hydrogen) atoms. The maximum absolute atomic E-state index is 12.7. The first-order valence-corrected chi connectivity index (χ1v) is 9.70. The Bertz CT molecular complexity index is 772. The van der Waals surface area contributed by atoms with Crippen LogP contribution in [0.25, 0.3) is 0 Å². The van der Waals surface area contributed by atoms with Crippen molar-refractivity contribution in [2.45, 2.75) is 12.7 Å². The van der Waals surface area contributed by atoms with E-state index in [2.05, 4.69) is 25.4 Å². The van der Waals surface area contributed by atoms with Crippen LogP contribution in [0.4, 0.5) is 18.0 Å². The molecule has 3 rings (SSSR count). The zero-order chi connectivity index (χ0) is 21.7. The summed E-state index contributed by atoms with van der Waals surface area (Å²) in [6.45, 7) is 4.20. The van der Waals surface area contributed by atoms with E-state index in [1.54, 1.807) is 7.05 Å². The molecule has 0 spiro atoms. The van der Waals surface area contributed by atoms with E-state index in [1.807, 2.05) is 0 Å². The second-order valence-corrected chi connectivity index (χ2v) is 7.14. The van der Waals surface area contributed by atoms with E-state index in [0.717, 1.165) is 30.8 Å². The van der Waals surface area contributed by atoms with Gasteiger partial charge >= 0.3 is 12.2 Å². The van der Waals surface area contributed by atoms with Crippen LogP contribution in [0.2, 0.25) is 0 Å². The van der Waals surface area contributed by atoms with Crippen molar-refractivity contribution >= 4 is 17.9 Å². The highest BCUT2D eigenvalue weighted by Gasteiger charge is 2.30. The zero-order valence-corrected chi connectivity index (χ0v) is 16.7. The maximum Gasteiger partial charge on any atom is 0.416 e. The molecule has 2 N–H and O–H groups in total. The monoisotopic (exact) mass is 426 g/mol. The summed E-state index contributed by atoms with van der Waals surface area (Å²) >= 11 is 0. The van der Waals surface area contributed by atoms with Crippen molar-refractivity contribution in [2.75, 3.05) is 52.9 Å². The van der Waals surface area contributed by atoms with Gasteiger partial charge in [0.25, 0.3) is 0 Å². The van der Waals surface area contributed by atoms with Crippen LogP contribution in [0, 0.1) is 0 Å². The molecule has 11 heteroatoms. The summed E-state index contributed by atoms with van der Waals surface area (Å²) in [4.78, 5) is 32.8. The number of hydrogen-bond acceptors (Lipinski definition) is 4. The first-order valence-electron chi connectivity index (χ1n) is 9.70. The lowest BCUT2D eigenvalue weighted by Gasteiger charge is -2.36. The van der Waals surface area contributed by atoms with Crippen LogP contribution in [-0.2, 0) is 17.5 Å². The number of carbonyl (C=O) groups is 2. The molecule has 3 amide bonds. The van der Waals surface area contributed by atoms with E-state index >= 15 is 0 Å². The molecule has 0 bridgehead atoms. The summed E-state index contributed by atoms with van der Waals surface area (Å²) in [5.41, 5.74) is 0.201. The molecule has 0 aliphatic carbocycles. The SMILES string of the molecule is CN=C(NCCN1C(=O)CNC1=O)N1CCN(Cc2ccc(C(F)(F)F)cc2)CC1. The van der Waals surface area contributed by atoms with Crippen LogP contribution in [0.5, 0.6) is 0 Å². The molecule has 2 aliphatic heterocycles. The minimum atomic E-state index is -4.32. The number of amides is 3. The summed E-state index contributed by atoms with van der Waals surface area (Å²) in [7, 11) is 1.67. The van der Waals surface area contributed by atoms with Crippen LogP contribution in [0.15, 0.2) is 29.3 Å². The fourth-order valence-electron chi connectivity index (χ4n) is 3.47. The van der Waals surface area contributed by atoms with Crippen molar-refractivity contribution in [2.24, 2.45) is 4.99 Å². The van der Waals surface area contributed by atoms with Gasteiger partial charge in [-0.2, -0.15) is 13.2 Å². The van der Waals surface area contributed by atoms with Gasteiger partial charge in [-0.05, 0) is 17.7 Å².